The molecular formula is C26H26N2. The van der Waals surface area contributed by atoms with Crippen LogP contribution in [-0.4, -0.2) is 6.21 Å². The Balaban J connectivity index is 1.83. The number of benzene rings is 3. The molecule has 3 aromatic carbocycles. The van der Waals surface area contributed by atoms with E-state index >= 15 is 0 Å². The van der Waals surface area contributed by atoms with E-state index in [1.54, 1.807) is 0 Å². The quantitative estimate of drug-likeness (QED) is 0.388. The van der Waals surface area contributed by atoms with Crippen LogP contribution in [0.1, 0.15) is 44.7 Å². The summed E-state index contributed by atoms with van der Waals surface area (Å²) < 4.78 is 0. The fraction of sp³-hybridized carbons (Fsp3) is 0.192. The zero-order valence-corrected chi connectivity index (χ0v) is 17.0. The van der Waals surface area contributed by atoms with Gasteiger partial charge in [0.15, 0.2) is 0 Å². The van der Waals surface area contributed by atoms with Crippen LogP contribution in [0.2, 0.25) is 0 Å². The van der Waals surface area contributed by atoms with Crippen LogP contribution in [0.15, 0.2) is 94.1 Å². The third-order valence-electron chi connectivity index (χ3n) is 6.09. The Labute approximate surface area is 167 Å². The van der Waals surface area contributed by atoms with Crippen LogP contribution in [0.4, 0.5) is 5.69 Å². The average molecular weight is 367 g/mol. The Morgan fingerprint density at radius 3 is 2.11 bits per heavy atom. The van der Waals surface area contributed by atoms with E-state index in [9.17, 15) is 0 Å². The number of allylic oxidation sites excluding steroid dienone is 4. The first-order valence-corrected chi connectivity index (χ1v) is 9.79. The van der Waals surface area contributed by atoms with Crippen molar-refractivity contribution in [1.29, 1.82) is 0 Å². The minimum Gasteiger partial charge on any atom is -0.279 e. The highest BCUT2D eigenvalue weighted by molar-refractivity contribution is 6.02. The second kappa shape index (κ2) is 7.47. The van der Waals surface area contributed by atoms with Crippen LogP contribution in [0.5, 0.6) is 0 Å². The van der Waals surface area contributed by atoms with Crippen LogP contribution in [0.3, 0.4) is 0 Å². The predicted molar refractivity (Wildman–Crippen MR) is 121 cm³/mol. The molecule has 0 radical (unpaired) electrons. The Hall–Kier alpha value is -3.13. The lowest BCUT2D eigenvalue weighted by Crippen LogP contribution is -2.05. The first-order chi connectivity index (χ1) is 13.6. The molecule has 0 spiro atoms. The van der Waals surface area contributed by atoms with Gasteiger partial charge in [0, 0.05) is 11.5 Å². The van der Waals surface area contributed by atoms with Gasteiger partial charge in [-0.05, 0) is 67.3 Å². The third kappa shape index (κ3) is 3.16. The molecule has 1 N–H and O–H groups in total. The number of hydrogen-bond donors (Lipinski definition) is 1. The molecule has 0 saturated heterocycles. The van der Waals surface area contributed by atoms with Gasteiger partial charge in [-0.2, -0.15) is 5.10 Å². The molecule has 0 aromatic heterocycles. The minimum absolute atomic E-state index is 0.322. The number of hydrazone groups is 1. The third-order valence-corrected chi connectivity index (χ3v) is 6.09. The summed E-state index contributed by atoms with van der Waals surface area (Å²) in [6.45, 7) is 9.00. The number of fused-ring (bicyclic) bond motifs is 1. The average Bonchev–Trinajstić information content (AvgIpc) is 2.92. The standard InChI is InChI=1S/C26H26N2/c1-17-18(2)20(4)26(19(17)3)24-15-14-21-10-8-9-13-23(21)25(24)16-27-28-22-11-6-5-7-12-22/h5-16,26,28H,1-4H3. The molecule has 0 saturated carbocycles. The zero-order chi connectivity index (χ0) is 19.7. The van der Waals surface area contributed by atoms with E-state index in [0.29, 0.717) is 5.92 Å². The fourth-order valence-corrected chi connectivity index (χ4v) is 4.21. The predicted octanol–water partition coefficient (Wildman–Crippen LogP) is 7.06. The number of nitrogens with zero attached hydrogens (tertiary/aromatic N) is 1. The van der Waals surface area contributed by atoms with Crippen LogP contribution in [0.25, 0.3) is 10.8 Å². The molecule has 0 atom stereocenters. The second-order valence-electron chi connectivity index (χ2n) is 7.57. The summed E-state index contributed by atoms with van der Waals surface area (Å²) in [6, 6.07) is 23.1. The number of hydrogen-bond acceptors (Lipinski definition) is 2. The van der Waals surface area contributed by atoms with Crippen molar-refractivity contribution in [2.75, 3.05) is 5.43 Å². The lowest BCUT2D eigenvalue weighted by Gasteiger charge is -2.20. The molecule has 1 aliphatic carbocycles. The van der Waals surface area contributed by atoms with Crippen molar-refractivity contribution in [3.05, 3.63) is 100 Å². The lowest BCUT2D eigenvalue weighted by atomic mass is 9.84. The summed E-state index contributed by atoms with van der Waals surface area (Å²) in [6.07, 6.45) is 1.98. The van der Waals surface area contributed by atoms with E-state index in [1.807, 2.05) is 36.5 Å². The molecule has 28 heavy (non-hydrogen) atoms. The molecule has 140 valence electrons. The molecule has 0 amide bonds. The monoisotopic (exact) mass is 366 g/mol. The highest BCUT2D eigenvalue weighted by Gasteiger charge is 2.27. The van der Waals surface area contributed by atoms with E-state index in [2.05, 4.69) is 74.6 Å². The van der Waals surface area contributed by atoms with Crippen molar-refractivity contribution in [3.63, 3.8) is 0 Å². The summed E-state index contributed by atoms with van der Waals surface area (Å²) in [7, 11) is 0. The van der Waals surface area contributed by atoms with Gasteiger partial charge in [0.1, 0.15) is 0 Å². The van der Waals surface area contributed by atoms with E-state index < -0.39 is 0 Å². The Kier molecular flexibility index (Phi) is 4.87. The summed E-state index contributed by atoms with van der Waals surface area (Å²) in [4.78, 5) is 0. The van der Waals surface area contributed by atoms with Gasteiger partial charge >= 0.3 is 0 Å². The SMILES string of the molecule is CC1=C(C)C(c2ccc3ccccc3c2C=NNc2ccccc2)C(C)=C1C. The molecule has 0 fully saturated rings. The topological polar surface area (TPSA) is 24.4 Å². The summed E-state index contributed by atoms with van der Waals surface area (Å²) in [5.41, 5.74) is 12.4. The van der Waals surface area contributed by atoms with Gasteiger partial charge in [-0.25, -0.2) is 0 Å². The Morgan fingerprint density at radius 1 is 0.750 bits per heavy atom. The van der Waals surface area contributed by atoms with Crippen LogP contribution in [0, 0.1) is 0 Å². The normalized spacial score (nSPS) is 15.3. The van der Waals surface area contributed by atoms with Crippen molar-refractivity contribution < 1.29 is 0 Å². The molecule has 0 aliphatic heterocycles. The fourth-order valence-electron chi connectivity index (χ4n) is 4.21. The van der Waals surface area contributed by atoms with Crippen molar-refractivity contribution in [3.8, 4) is 0 Å². The van der Waals surface area contributed by atoms with E-state index in [4.69, 9.17) is 0 Å². The lowest BCUT2D eigenvalue weighted by molar-refractivity contribution is 0.935. The van der Waals surface area contributed by atoms with Gasteiger partial charge in [-0.3, -0.25) is 5.43 Å². The van der Waals surface area contributed by atoms with Crippen molar-refractivity contribution in [2.24, 2.45) is 5.10 Å². The zero-order valence-electron chi connectivity index (χ0n) is 17.0. The Bertz CT molecular complexity index is 1090. The first kappa shape index (κ1) is 18.2. The van der Waals surface area contributed by atoms with Gasteiger partial charge in [0.2, 0.25) is 0 Å². The van der Waals surface area contributed by atoms with Crippen LogP contribution < -0.4 is 5.43 Å². The molecule has 0 heterocycles. The van der Waals surface area contributed by atoms with Crippen LogP contribution in [-0.2, 0) is 0 Å². The summed E-state index contributed by atoms with van der Waals surface area (Å²) in [5, 5.41) is 7.05. The van der Waals surface area contributed by atoms with E-state index in [0.717, 1.165) is 5.69 Å². The number of anilines is 1. The van der Waals surface area contributed by atoms with E-state index in [-0.39, 0.29) is 0 Å². The van der Waals surface area contributed by atoms with Gasteiger partial charge in [-0.15, -0.1) is 0 Å². The molecule has 2 nitrogen and oxygen atoms in total. The molecule has 0 unspecified atom stereocenters. The van der Waals surface area contributed by atoms with Crippen molar-refractivity contribution in [2.45, 2.75) is 33.6 Å². The highest BCUT2D eigenvalue weighted by atomic mass is 15.3. The molecular weight excluding hydrogens is 340 g/mol. The number of rotatable bonds is 4. The van der Waals surface area contributed by atoms with Crippen LogP contribution >= 0.6 is 0 Å². The van der Waals surface area contributed by atoms with Gasteiger partial charge < -0.3 is 0 Å². The Morgan fingerprint density at radius 2 is 1.39 bits per heavy atom. The van der Waals surface area contributed by atoms with E-state index in [1.165, 1.54) is 44.2 Å². The van der Waals surface area contributed by atoms with Crippen molar-refractivity contribution >= 4 is 22.7 Å². The summed E-state index contributed by atoms with van der Waals surface area (Å²) >= 11 is 0. The maximum absolute atomic E-state index is 4.58. The van der Waals surface area contributed by atoms with Gasteiger partial charge in [0.25, 0.3) is 0 Å². The van der Waals surface area contributed by atoms with Gasteiger partial charge in [0.05, 0.1) is 11.9 Å². The largest absolute Gasteiger partial charge is 0.279 e. The highest BCUT2D eigenvalue weighted by Crippen LogP contribution is 2.44. The molecule has 2 heteroatoms. The molecule has 3 aromatic rings. The molecule has 1 aliphatic rings. The maximum Gasteiger partial charge on any atom is 0.0561 e. The number of para-hydroxylation sites is 1. The summed E-state index contributed by atoms with van der Waals surface area (Å²) in [5.74, 6) is 0.322. The maximum atomic E-state index is 4.58. The minimum atomic E-state index is 0.322. The van der Waals surface area contributed by atoms with Crippen molar-refractivity contribution in [1.82, 2.24) is 0 Å². The number of nitrogens with one attached hydrogen (secondary N) is 1. The smallest absolute Gasteiger partial charge is 0.0561 e. The first-order valence-electron chi connectivity index (χ1n) is 9.79. The second-order valence-corrected chi connectivity index (χ2v) is 7.57. The van der Waals surface area contributed by atoms with Gasteiger partial charge in [-0.1, -0.05) is 65.7 Å². The molecule has 4 rings (SSSR count). The molecule has 0 bridgehead atoms.